The predicted octanol–water partition coefficient (Wildman–Crippen LogP) is 1.96. The lowest BCUT2D eigenvalue weighted by Crippen LogP contribution is -2.31. The quantitative estimate of drug-likeness (QED) is 0.211. The molecular formula is C21H23ClN4O5. The number of carbonyl (C=O) groups is 3. The summed E-state index contributed by atoms with van der Waals surface area (Å²) in [5.41, 5.74) is 3.48. The normalized spacial score (nSPS) is 10.5. The van der Waals surface area contributed by atoms with Gasteiger partial charge in [0, 0.05) is 13.7 Å². The van der Waals surface area contributed by atoms with E-state index >= 15 is 0 Å². The molecule has 0 unspecified atom stereocenters. The van der Waals surface area contributed by atoms with Crippen LogP contribution in [0.25, 0.3) is 0 Å². The summed E-state index contributed by atoms with van der Waals surface area (Å²) in [6, 6.07) is 13.6. The number of nitrogens with zero attached hydrogens (tertiary/aromatic N) is 1. The zero-order valence-electron chi connectivity index (χ0n) is 16.9. The van der Waals surface area contributed by atoms with Gasteiger partial charge in [-0.2, -0.15) is 5.10 Å². The molecule has 0 saturated heterocycles. The number of hydrogen-bond acceptors (Lipinski definition) is 6. The molecule has 3 amide bonds. The first-order valence-corrected chi connectivity index (χ1v) is 9.70. The van der Waals surface area contributed by atoms with Gasteiger partial charge < -0.3 is 20.1 Å². The summed E-state index contributed by atoms with van der Waals surface area (Å²) in [4.78, 5) is 35.1. The Kier molecular flexibility index (Phi) is 9.99. The van der Waals surface area contributed by atoms with Crippen LogP contribution in [0.3, 0.4) is 0 Å². The molecule has 31 heavy (non-hydrogen) atoms. The van der Waals surface area contributed by atoms with Crippen LogP contribution in [0.2, 0.25) is 5.02 Å². The van der Waals surface area contributed by atoms with Crippen molar-refractivity contribution in [1.29, 1.82) is 0 Å². The molecule has 2 aromatic rings. The van der Waals surface area contributed by atoms with Crippen LogP contribution < -0.4 is 20.8 Å². The Hall–Kier alpha value is -3.43. The summed E-state index contributed by atoms with van der Waals surface area (Å²) in [5.74, 6) is -0.795. The van der Waals surface area contributed by atoms with Gasteiger partial charge in [0.15, 0.2) is 6.61 Å². The van der Waals surface area contributed by atoms with Crippen molar-refractivity contribution in [3.63, 3.8) is 0 Å². The Morgan fingerprint density at radius 1 is 1.03 bits per heavy atom. The molecule has 0 bridgehead atoms. The van der Waals surface area contributed by atoms with Crippen molar-refractivity contribution in [2.45, 2.75) is 6.42 Å². The molecule has 0 heterocycles. The van der Waals surface area contributed by atoms with Crippen LogP contribution >= 0.6 is 11.6 Å². The van der Waals surface area contributed by atoms with E-state index < -0.39 is 11.8 Å². The number of benzene rings is 2. The summed E-state index contributed by atoms with van der Waals surface area (Å²) >= 11 is 6.00. The van der Waals surface area contributed by atoms with Crippen molar-refractivity contribution >= 4 is 41.2 Å². The first kappa shape index (κ1) is 23.8. The topological polar surface area (TPSA) is 118 Å². The van der Waals surface area contributed by atoms with E-state index in [4.69, 9.17) is 21.1 Å². The maximum Gasteiger partial charge on any atom is 0.262 e. The van der Waals surface area contributed by atoms with Crippen molar-refractivity contribution in [3.05, 3.63) is 59.1 Å². The number of rotatable bonds is 11. The summed E-state index contributed by atoms with van der Waals surface area (Å²) in [5, 5.41) is 9.45. The highest BCUT2D eigenvalue weighted by atomic mass is 35.5. The van der Waals surface area contributed by atoms with Crippen molar-refractivity contribution in [1.82, 2.24) is 10.7 Å². The summed E-state index contributed by atoms with van der Waals surface area (Å²) in [6.45, 7) is 0.528. The molecule has 0 spiro atoms. The fourth-order valence-corrected chi connectivity index (χ4v) is 2.45. The van der Waals surface area contributed by atoms with E-state index in [0.29, 0.717) is 35.2 Å². The molecule has 0 saturated carbocycles. The van der Waals surface area contributed by atoms with Crippen molar-refractivity contribution < 1.29 is 23.9 Å². The van der Waals surface area contributed by atoms with Crippen LogP contribution in [0.1, 0.15) is 12.0 Å². The van der Waals surface area contributed by atoms with Crippen LogP contribution in [0.4, 0.5) is 5.69 Å². The highest BCUT2D eigenvalue weighted by molar-refractivity contribution is 6.33. The number of anilines is 1. The smallest absolute Gasteiger partial charge is 0.262 e. The first-order valence-electron chi connectivity index (χ1n) is 9.32. The van der Waals surface area contributed by atoms with E-state index in [2.05, 4.69) is 21.2 Å². The van der Waals surface area contributed by atoms with Crippen molar-refractivity contribution in [2.24, 2.45) is 5.10 Å². The Labute approximate surface area is 184 Å². The number of amides is 3. The number of carbonyl (C=O) groups excluding carboxylic acids is 3. The zero-order valence-corrected chi connectivity index (χ0v) is 17.6. The van der Waals surface area contributed by atoms with Gasteiger partial charge in [-0.3, -0.25) is 14.4 Å². The molecule has 0 aliphatic rings. The molecule has 9 nitrogen and oxygen atoms in total. The lowest BCUT2D eigenvalue weighted by molar-refractivity contribution is -0.129. The van der Waals surface area contributed by atoms with E-state index in [1.54, 1.807) is 48.5 Å². The fraction of sp³-hybridized carbons (Fsp3) is 0.238. The Bertz CT molecular complexity index is 918. The highest BCUT2D eigenvalue weighted by Crippen LogP contribution is 2.20. The van der Waals surface area contributed by atoms with E-state index in [1.165, 1.54) is 13.3 Å². The van der Waals surface area contributed by atoms with Gasteiger partial charge in [0.1, 0.15) is 12.2 Å². The molecular weight excluding hydrogens is 424 g/mol. The molecule has 10 heteroatoms. The predicted molar refractivity (Wildman–Crippen MR) is 117 cm³/mol. The minimum absolute atomic E-state index is 0.179. The Balaban J connectivity index is 1.72. The third kappa shape index (κ3) is 9.28. The molecule has 3 N–H and O–H groups in total. The molecule has 2 aromatic carbocycles. The molecule has 0 atom stereocenters. The van der Waals surface area contributed by atoms with Crippen LogP contribution in [-0.2, 0) is 19.1 Å². The number of hydrazone groups is 1. The minimum atomic E-state index is -0.532. The van der Waals surface area contributed by atoms with Gasteiger partial charge >= 0.3 is 0 Å². The first-order chi connectivity index (χ1) is 15.0. The van der Waals surface area contributed by atoms with Crippen LogP contribution in [0.15, 0.2) is 53.6 Å². The molecule has 0 aliphatic heterocycles. The van der Waals surface area contributed by atoms with Gasteiger partial charge in [-0.05, 0) is 42.0 Å². The Morgan fingerprint density at radius 2 is 1.77 bits per heavy atom. The van der Waals surface area contributed by atoms with Crippen LogP contribution in [-0.4, -0.2) is 50.8 Å². The average Bonchev–Trinajstić information content (AvgIpc) is 2.75. The van der Waals surface area contributed by atoms with E-state index in [0.717, 1.165) is 0 Å². The fourth-order valence-electron chi connectivity index (χ4n) is 2.27. The highest BCUT2D eigenvalue weighted by Gasteiger charge is 2.08. The van der Waals surface area contributed by atoms with Gasteiger partial charge in [-0.1, -0.05) is 23.7 Å². The van der Waals surface area contributed by atoms with Gasteiger partial charge in [-0.15, -0.1) is 0 Å². The zero-order chi connectivity index (χ0) is 22.5. The van der Waals surface area contributed by atoms with E-state index in [9.17, 15) is 14.4 Å². The number of nitrogens with one attached hydrogen (secondary N) is 3. The lowest BCUT2D eigenvalue weighted by atomic mass is 10.2. The summed E-state index contributed by atoms with van der Waals surface area (Å²) < 4.78 is 10.2. The SMILES string of the molecule is COCCNC(=O)CC(=O)N/N=C\c1ccc(OCC(=O)Nc2ccccc2Cl)cc1. The van der Waals surface area contributed by atoms with E-state index in [-0.39, 0.29) is 18.9 Å². The number of methoxy groups -OCH3 is 1. The molecule has 0 fully saturated rings. The average molecular weight is 447 g/mol. The molecule has 164 valence electrons. The van der Waals surface area contributed by atoms with E-state index in [1.807, 2.05) is 0 Å². The molecule has 0 aromatic heterocycles. The van der Waals surface area contributed by atoms with Crippen LogP contribution in [0.5, 0.6) is 5.75 Å². The van der Waals surface area contributed by atoms with Crippen LogP contribution in [0, 0.1) is 0 Å². The number of ether oxygens (including phenoxy) is 2. The van der Waals surface area contributed by atoms with Gasteiger partial charge in [0.25, 0.3) is 5.91 Å². The second kappa shape index (κ2) is 13.0. The third-order valence-corrected chi connectivity index (χ3v) is 4.08. The Morgan fingerprint density at radius 3 is 2.48 bits per heavy atom. The second-order valence-electron chi connectivity index (χ2n) is 6.20. The summed E-state index contributed by atoms with van der Waals surface area (Å²) in [6.07, 6.45) is 1.10. The van der Waals surface area contributed by atoms with Gasteiger partial charge in [0.2, 0.25) is 11.8 Å². The number of halogens is 1. The maximum absolute atomic E-state index is 12.0. The van der Waals surface area contributed by atoms with Crippen molar-refractivity contribution in [2.75, 3.05) is 32.2 Å². The number of para-hydroxylation sites is 1. The second-order valence-corrected chi connectivity index (χ2v) is 6.61. The molecule has 2 rings (SSSR count). The maximum atomic E-state index is 12.0. The van der Waals surface area contributed by atoms with Crippen molar-refractivity contribution in [3.8, 4) is 5.75 Å². The largest absolute Gasteiger partial charge is 0.484 e. The monoisotopic (exact) mass is 446 g/mol. The molecule has 0 radical (unpaired) electrons. The standard InChI is InChI=1S/C21H23ClN4O5/c1-30-11-10-23-19(27)12-20(28)26-24-13-15-6-8-16(9-7-15)31-14-21(29)25-18-5-3-2-4-17(18)22/h2-9,13H,10-12,14H2,1H3,(H,23,27)(H,25,29)(H,26,28)/b24-13-. The molecule has 0 aliphatic carbocycles. The third-order valence-electron chi connectivity index (χ3n) is 3.75. The lowest BCUT2D eigenvalue weighted by Gasteiger charge is -2.08. The minimum Gasteiger partial charge on any atom is -0.484 e. The van der Waals surface area contributed by atoms with Gasteiger partial charge in [0.05, 0.1) is 23.5 Å². The number of hydrogen-bond donors (Lipinski definition) is 3. The summed E-state index contributed by atoms with van der Waals surface area (Å²) in [7, 11) is 1.52. The van der Waals surface area contributed by atoms with Gasteiger partial charge in [-0.25, -0.2) is 5.43 Å².